The van der Waals surface area contributed by atoms with Crippen molar-refractivity contribution in [2.75, 3.05) is 11.9 Å². The lowest BCUT2D eigenvalue weighted by molar-refractivity contribution is 0.184. The van der Waals surface area contributed by atoms with E-state index in [1.165, 1.54) is 11.0 Å². The van der Waals surface area contributed by atoms with Crippen LogP contribution in [-0.2, 0) is 0 Å². The molecule has 0 bridgehead atoms. The van der Waals surface area contributed by atoms with E-state index in [9.17, 15) is 4.79 Å². The maximum Gasteiger partial charge on any atom is 0.323 e. The average Bonchev–Trinajstić information content (AvgIpc) is 2.47. The molecule has 1 rings (SSSR count). The molecule has 0 radical (unpaired) electrons. The fraction of sp³-hybridized carbons (Fsp3) is 0.267. The molecule has 124 valence electrons. The first-order chi connectivity index (χ1) is 10.6. The Labute approximate surface area is 160 Å². The maximum atomic E-state index is 12.5. The van der Waals surface area contributed by atoms with Crippen LogP contribution in [0.15, 0.2) is 27.7 Å². The number of rotatable bonds is 4. The second kappa shape index (κ2) is 8.37. The summed E-state index contributed by atoms with van der Waals surface area (Å²) in [5.41, 5.74) is -0.469. The Morgan fingerprint density at radius 1 is 1.26 bits per heavy atom. The summed E-state index contributed by atoms with van der Waals surface area (Å²) in [5, 5.41) is 3.47. The summed E-state index contributed by atoms with van der Waals surface area (Å²) in [5.74, 6) is 2.52. The van der Waals surface area contributed by atoms with Gasteiger partial charge in [-0.15, -0.1) is 6.42 Å². The molecule has 0 aliphatic rings. The molecule has 0 aromatic heterocycles. The third-order valence-electron chi connectivity index (χ3n) is 2.95. The van der Waals surface area contributed by atoms with E-state index in [2.05, 4.69) is 11.2 Å². The molecule has 1 aromatic rings. The van der Waals surface area contributed by atoms with E-state index >= 15 is 0 Å². The van der Waals surface area contributed by atoms with Crippen LogP contribution in [0.4, 0.5) is 10.5 Å². The van der Waals surface area contributed by atoms with E-state index < -0.39 is 11.6 Å². The van der Waals surface area contributed by atoms with E-state index in [-0.39, 0.29) is 16.1 Å². The predicted octanol–water partition coefficient (Wildman–Crippen LogP) is 6.12. The molecule has 1 N–H and O–H groups in total. The van der Waals surface area contributed by atoms with Gasteiger partial charge in [-0.25, -0.2) is 4.79 Å². The summed E-state index contributed by atoms with van der Waals surface area (Å²) < 4.78 is -0.133. The molecule has 2 amide bonds. The SMILES string of the molecule is C#CC(C)(C)N(CC(Cl)=C(Cl)Cl)C(=O)Nc1ccc(Cl)c(Cl)c1. The normalized spacial score (nSPS) is 10.7. The van der Waals surface area contributed by atoms with Crippen molar-refractivity contribution in [3.05, 3.63) is 37.8 Å². The van der Waals surface area contributed by atoms with Crippen LogP contribution >= 0.6 is 58.0 Å². The van der Waals surface area contributed by atoms with Gasteiger partial charge in [0.15, 0.2) is 0 Å². The smallest absolute Gasteiger partial charge is 0.308 e. The van der Waals surface area contributed by atoms with Gasteiger partial charge in [0.1, 0.15) is 10.0 Å². The third-order valence-corrected chi connectivity index (χ3v) is 4.64. The van der Waals surface area contributed by atoms with Gasteiger partial charge in [-0.1, -0.05) is 63.9 Å². The standard InChI is InChI=1S/C15H13Cl5N2O/c1-4-15(2,3)22(8-12(18)13(19)20)14(23)21-9-5-6-10(16)11(17)7-9/h1,5-7H,8H2,2-3H3,(H,21,23). The average molecular weight is 415 g/mol. The van der Waals surface area contributed by atoms with Crippen molar-refractivity contribution in [2.45, 2.75) is 19.4 Å². The summed E-state index contributed by atoms with van der Waals surface area (Å²) >= 11 is 29.0. The zero-order chi connectivity index (χ0) is 17.8. The molecular formula is C15H13Cl5N2O. The number of hydrogen-bond acceptors (Lipinski definition) is 1. The summed E-state index contributed by atoms with van der Waals surface area (Å²) in [4.78, 5) is 13.9. The highest BCUT2D eigenvalue weighted by Gasteiger charge is 2.30. The molecule has 1 aromatic carbocycles. The lowest BCUT2D eigenvalue weighted by atomic mass is 10.0. The molecule has 0 unspecified atom stereocenters. The minimum atomic E-state index is -0.927. The summed E-state index contributed by atoms with van der Waals surface area (Å²) in [6.07, 6.45) is 5.50. The number of halogens is 5. The Morgan fingerprint density at radius 2 is 1.87 bits per heavy atom. The lowest BCUT2D eigenvalue weighted by Gasteiger charge is -2.34. The van der Waals surface area contributed by atoms with E-state index in [4.69, 9.17) is 64.4 Å². The molecule has 23 heavy (non-hydrogen) atoms. The zero-order valence-corrected chi connectivity index (χ0v) is 16.0. The fourth-order valence-electron chi connectivity index (χ4n) is 1.56. The van der Waals surface area contributed by atoms with Gasteiger partial charge in [0.25, 0.3) is 0 Å². The van der Waals surface area contributed by atoms with Crippen molar-refractivity contribution in [1.82, 2.24) is 4.90 Å². The van der Waals surface area contributed by atoms with Crippen LogP contribution in [0.3, 0.4) is 0 Å². The molecule has 0 saturated heterocycles. The van der Waals surface area contributed by atoms with E-state index in [1.54, 1.807) is 26.0 Å². The van der Waals surface area contributed by atoms with Gasteiger partial charge < -0.3 is 10.2 Å². The Bertz CT molecular complexity index is 675. The minimum absolute atomic E-state index is 0.0474. The number of nitrogens with one attached hydrogen (secondary N) is 1. The van der Waals surface area contributed by atoms with Crippen LogP contribution in [0, 0.1) is 12.3 Å². The first-order valence-electron chi connectivity index (χ1n) is 6.29. The number of amides is 2. The molecule has 0 spiro atoms. The van der Waals surface area contributed by atoms with Gasteiger partial charge >= 0.3 is 6.03 Å². The van der Waals surface area contributed by atoms with E-state index in [0.717, 1.165) is 0 Å². The summed E-state index contributed by atoms with van der Waals surface area (Å²) in [6.45, 7) is 3.33. The molecule has 0 aliphatic heterocycles. The van der Waals surface area contributed by atoms with Gasteiger partial charge in [0.05, 0.1) is 21.6 Å². The van der Waals surface area contributed by atoms with E-state index in [0.29, 0.717) is 15.7 Å². The third kappa shape index (κ3) is 5.67. The van der Waals surface area contributed by atoms with Crippen LogP contribution in [0.2, 0.25) is 10.0 Å². The quantitative estimate of drug-likeness (QED) is 0.591. The maximum absolute atomic E-state index is 12.5. The van der Waals surface area contributed by atoms with Crippen LogP contribution in [0.25, 0.3) is 0 Å². The number of carbonyl (C=O) groups is 1. The zero-order valence-electron chi connectivity index (χ0n) is 12.3. The molecular weight excluding hydrogens is 401 g/mol. The number of anilines is 1. The van der Waals surface area contributed by atoms with Gasteiger partial charge in [-0.3, -0.25) is 0 Å². The first kappa shape index (κ1) is 20.3. The van der Waals surface area contributed by atoms with Gasteiger partial charge in [0.2, 0.25) is 0 Å². The predicted molar refractivity (Wildman–Crippen MR) is 99.7 cm³/mol. The number of carbonyl (C=O) groups excluding carboxylic acids is 1. The monoisotopic (exact) mass is 412 g/mol. The second-order valence-electron chi connectivity index (χ2n) is 5.01. The Balaban J connectivity index is 3.07. The number of terminal acetylenes is 1. The summed E-state index contributed by atoms with van der Waals surface area (Å²) in [7, 11) is 0. The van der Waals surface area contributed by atoms with Crippen molar-refractivity contribution in [3.63, 3.8) is 0 Å². The molecule has 0 heterocycles. The number of benzene rings is 1. The van der Waals surface area contributed by atoms with Crippen molar-refractivity contribution in [2.24, 2.45) is 0 Å². The lowest BCUT2D eigenvalue weighted by Crippen LogP contribution is -2.49. The Morgan fingerprint density at radius 3 is 2.35 bits per heavy atom. The molecule has 8 heteroatoms. The number of hydrogen-bond donors (Lipinski definition) is 1. The highest BCUT2D eigenvalue weighted by Crippen LogP contribution is 2.27. The van der Waals surface area contributed by atoms with E-state index in [1.807, 2.05) is 0 Å². The van der Waals surface area contributed by atoms with Crippen LogP contribution < -0.4 is 5.32 Å². The van der Waals surface area contributed by atoms with Crippen LogP contribution in [0.1, 0.15) is 13.8 Å². The van der Waals surface area contributed by atoms with Gasteiger partial charge in [-0.2, -0.15) is 0 Å². The van der Waals surface area contributed by atoms with Crippen LogP contribution in [-0.4, -0.2) is 23.0 Å². The topological polar surface area (TPSA) is 32.3 Å². The number of nitrogens with zero attached hydrogens (tertiary/aromatic N) is 1. The highest BCUT2D eigenvalue weighted by molar-refractivity contribution is 6.59. The molecule has 0 saturated carbocycles. The second-order valence-corrected chi connectivity index (χ2v) is 7.23. The van der Waals surface area contributed by atoms with Crippen molar-refractivity contribution in [1.29, 1.82) is 0 Å². The van der Waals surface area contributed by atoms with Gasteiger partial charge in [0, 0.05) is 5.69 Å². The van der Waals surface area contributed by atoms with Crippen molar-refractivity contribution in [3.8, 4) is 12.3 Å². The summed E-state index contributed by atoms with van der Waals surface area (Å²) in [6, 6.07) is 4.21. The van der Waals surface area contributed by atoms with Crippen LogP contribution in [0.5, 0.6) is 0 Å². The Kier molecular flexibility index (Phi) is 7.38. The molecule has 0 aliphatic carbocycles. The molecule has 3 nitrogen and oxygen atoms in total. The van der Waals surface area contributed by atoms with Crippen molar-refractivity contribution >= 4 is 69.7 Å². The fourth-order valence-corrected chi connectivity index (χ4v) is 2.10. The number of urea groups is 1. The highest BCUT2D eigenvalue weighted by atomic mass is 35.5. The minimum Gasteiger partial charge on any atom is -0.308 e. The first-order valence-corrected chi connectivity index (χ1v) is 8.18. The molecule has 0 atom stereocenters. The van der Waals surface area contributed by atoms with Crippen molar-refractivity contribution < 1.29 is 4.79 Å². The van der Waals surface area contributed by atoms with Gasteiger partial charge in [-0.05, 0) is 32.0 Å². The largest absolute Gasteiger partial charge is 0.323 e. The molecule has 0 fully saturated rings. The Hall–Kier alpha value is -0.760.